The first kappa shape index (κ1) is 22.4. The van der Waals surface area contributed by atoms with Crippen molar-refractivity contribution in [3.63, 3.8) is 0 Å². The lowest BCUT2D eigenvalue weighted by Gasteiger charge is -2.11. The van der Waals surface area contributed by atoms with Crippen molar-refractivity contribution >= 4 is 23.5 Å². The second kappa shape index (κ2) is 9.65. The first-order chi connectivity index (χ1) is 14.8. The molecular formula is C21H14ClF5N2O2. The first-order valence-electron chi connectivity index (χ1n) is 8.67. The van der Waals surface area contributed by atoms with E-state index in [0.29, 0.717) is 22.1 Å². The summed E-state index contributed by atoms with van der Waals surface area (Å²) in [7, 11) is 1.42. The largest absolute Gasteiger partial charge is 0.493 e. The van der Waals surface area contributed by atoms with Gasteiger partial charge in [0.25, 0.3) is 0 Å². The Morgan fingerprint density at radius 2 is 1.48 bits per heavy atom. The highest BCUT2D eigenvalue weighted by molar-refractivity contribution is 6.30. The average Bonchev–Trinajstić information content (AvgIpc) is 2.78. The standard InChI is InChI=1S/C21H14ClF5N2O2/c1-30-15-8-12(4-7-14(15)31-10-11-2-5-13(22)6-3-11)9-28-29-21-19(26)17(24)16(23)18(25)20(21)27/h2-9,29H,10H2,1H3/b28-9+. The van der Waals surface area contributed by atoms with Crippen LogP contribution in [0.15, 0.2) is 47.6 Å². The number of ether oxygens (including phenoxy) is 2. The number of hydrazone groups is 1. The predicted octanol–water partition coefficient (Wildman–Crippen LogP) is 6.07. The summed E-state index contributed by atoms with van der Waals surface area (Å²) in [6.07, 6.45) is 1.11. The van der Waals surface area contributed by atoms with E-state index in [2.05, 4.69) is 5.10 Å². The van der Waals surface area contributed by atoms with Gasteiger partial charge in [0, 0.05) is 5.02 Å². The Morgan fingerprint density at radius 3 is 2.10 bits per heavy atom. The number of anilines is 1. The Hall–Kier alpha value is -3.33. The van der Waals surface area contributed by atoms with Gasteiger partial charge in [0.15, 0.2) is 34.8 Å². The number of halogens is 6. The molecule has 0 spiro atoms. The molecule has 4 nitrogen and oxygen atoms in total. The van der Waals surface area contributed by atoms with Crippen LogP contribution in [0.1, 0.15) is 11.1 Å². The van der Waals surface area contributed by atoms with Crippen molar-refractivity contribution in [2.75, 3.05) is 12.5 Å². The molecule has 0 bridgehead atoms. The van der Waals surface area contributed by atoms with Crippen LogP contribution in [-0.2, 0) is 6.61 Å². The zero-order chi connectivity index (χ0) is 22.5. The molecule has 0 amide bonds. The van der Waals surface area contributed by atoms with Gasteiger partial charge < -0.3 is 9.47 Å². The molecule has 162 valence electrons. The molecule has 0 saturated carbocycles. The minimum absolute atomic E-state index is 0.253. The van der Waals surface area contributed by atoms with Crippen LogP contribution in [0.3, 0.4) is 0 Å². The molecule has 0 unspecified atom stereocenters. The SMILES string of the molecule is COc1cc(/C=N/Nc2c(F)c(F)c(F)c(F)c2F)ccc1OCc1ccc(Cl)cc1. The number of hydrogen-bond acceptors (Lipinski definition) is 4. The van der Waals surface area contributed by atoms with Crippen molar-refractivity contribution in [2.45, 2.75) is 6.61 Å². The van der Waals surface area contributed by atoms with Gasteiger partial charge in [-0.05, 0) is 41.5 Å². The molecule has 0 atom stereocenters. The molecule has 31 heavy (non-hydrogen) atoms. The van der Waals surface area contributed by atoms with Crippen molar-refractivity contribution in [1.82, 2.24) is 0 Å². The summed E-state index contributed by atoms with van der Waals surface area (Å²) in [6.45, 7) is 0.253. The monoisotopic (exact) mass is 456 g/mol. The van der Waals surface area contributed by atoms with E-state index in [1.807, 2.05) is 5.43 Å². The van der Waals surface area contributed by atoms with Crippen LogP contribution in [0.4, 0.5) is 27.6 Å². The molecule has 0 saturated heterocycles. The normalized spacial score (nSPS) is 11.1. The Morgan fingerprint density at radius 1 is 0.871 bits per heavy atom. The van der Waals surface area contributed by atoms with E-state index in [9.17, 15) is 22.0 Å². The predicted molar refractivity (Wildman–Crippen MR) is 106 cm³/mol. The maximum absolute atomic E-state index is 13.6. The zero-order valence-electron chi connectivity index (χ0n) is 15.9. The van der Waals surface area contributed by atoms with Gasteiger partial charge in [-0.25, -0.2) is 22.0 Å². The summed E-state index contributed by atoms with van der Waals surface area (Å²) in [6, 6.07) is 11.7. The van der Waals surface area contributed by atoms with E-state index in [1.54, 1.807) is 36.4 Å². The van der Waals surface area contributed by atoms with E-state index < -0.39 is 34.8 Å². The lowest BCUT2D eigenvalue weighted by molar-refractivity contribution is 0.284. The van der Waals surface area contributed by atoms with Crippen LogP contribution in [0.2, 0.25) is 5.02 Å². The van der Waals surface area contributed by atoms with Crippen LogP contribution in [0.5, 0.6) is 11.5 Å². The highest BCUT2D eigenvalue weighted by atomic mass is 35.5. The van der Waals surface area contributed by atoms with Crippen LogP contribution < -0.4 is 14.9 Å². The zero-order valence-corrected chi connectivity index (χ0v) is 16.6. The summed E-state index contributed by atoms with van der Waals surface area (Å²) in [5.41, 5.74) is 1.86. The average molecular weight is 457 g/mol. The lowest BCUT2D eigenvalue weighted by Crippen LogP contribution is -2.06. The minimum atomic E-state index is -2.25. The van der Waals surface area contributed by atoms with Gasteiger partial charge in [-0.1, -0.05) is 23.7 Å². The van der Waals surface area contributed by atoms with Gasteiger partial charge >= 0.3 is 0 Å². The van der Waals surface area contributed by atoms with Crippen molar-refractivity contribution in [3.05, 3.63) is 87.7 Å². The van der Waals surface area contributed by atoms with E-state index in [4.69, 9.17) is 21.1 Å². The summed E-state index contributed by atoms with van der Waals surface area (Å²) >= 11 is 5.84. The van der Waals surface area contributed by atoms with E-state index in [1.165, 1.54) is 13.2 Å². The van der Waals surface area contributed by atoms with Crippen molar-refractivity contribution in [2.24, 2.45) is 5.10 Å². The van der Waals surface area contributed by atoms with Crippen molar-refractivity contribution in [3.8, 4) is 11.5 Å². The van der Waals surface area contributed by atoms with Crippen molar-refractivity contribution < 1.29 is 31.4 Å². The lowest BCUT2D eigenvalue weighted by atomic mass is 10.2. The van der Waals surface area contributed by atoms with Gasteiger partial charge in [-0.3, -0.25) is 5.43 Å². The molecule has 0 radical (unpaired) electrons. The Kier molecular flexibility index (Phi) is 6.96. The fourth-order valence-electron chi connectivity index (χ4n) is 2.50. The summed E-state index contributed by atoms with van der Waals surface area (Å²) in [4.78, 5) is 0. The Balaban J connectivity index is 1.73. The molecule has 0 aromatic heterocycles. The van der Waals surface area contributed by atoms with Gasteiger partial charge in [0.05, 0.1) is 13.3 Å². The summed E-state index contributed by atoms with van der Waals surface area (Å²) < 4.78 is 77.8. The third-order valence-corrected chi connectivity index (χ3v) is 4.35. The molecule has 3 rings (SSSR count). The second-order valence-electron chi connectivity index (χ2n) is 6.14. The van der Waals surface area contributed by atoms with E-state index in [-0.39, 0.29) is 6.61 Å². The molecule has 3 aromatic carbocycles. The molecule has 0 aliphatic heterocycles. The highest BCUT2D eigenvalue weighted by Crippen LogP contribution is 2.29. The number of methoxy groups -OCH3 is 1. The molecule has 1 N–H and O–H groups in total. The fraction of sp³-hybridized carbons (Fsp3) is 0.0952. The van der Waals surface area contributed by atoms with Crippen LogP contribution in [-0.4, -0.2) is 13.3 Å². The second-order valence-corrected chi connectivity index (χ2v) is 6.58. The molecule has 10 heteroatoms. The smallest absolute Gasteiger partial charge is 0.200 e. The third-order valence-electron chi connectivity index (χ3n) is 4.10. The number of benzene rings is 3. The molecule has 0 aliphatic carbocycles. The van der Waals surface area contributed by atoms with Crippen LogP contribution >= 0.6 is 11.6 Å². The minimum Gasteiger partial charge on any atom is -0.493 e. The fourth-order valence-corrected chi connectivity index (χ4v) is 2.63. The van der Waals surface area contributed by atoms with Gasteiger partial charge in [-0.15, -0.1) is 0 Å². The van der Waals surface area contributed by atoms with E-state index in [0.717, 1.165) is 11.8 Å². The van der Waals surface area contributed by atoms with Gasteiger partial charge in [0.1, 0.15) is 12.3 Å². The summed E-state index contributed by atoms with van der Waals surface area (Å²) in [5.74, 6) is -9.66. The van der Waals surface area contributed by atoms with Crippen molar-refractivity contribution in [1.29, 1.82) is 0 Å². The Labute approximate surface area is 178 Å². The van der Waals surface area contributed by atoms with E-state index >= 15 is 0 Å². The van der Waals surface area contributed by atoms with Gasteiger partial charge in [0.2, 0.25) is 5.82 Å². The molecule has 0 fully saturated rings. The quantitative estimate of drug-likeness (QED) is 0.154. The molecule has 3 aromatic rings. The van der Waals surface area contributed by atoms with Crippen LogP contribution in [0.25, 0.3) is 0 Å². The third kappa shape index (κ3) is 5.05. The molecule has 0 heterocycles. The highest BCUT2D eigenvalue weighted by Gasteiger charge is 2.25. The maximum Gasteiger partial charge on any atom is 0.200 e. The number of nitrogens with one attached hydrogen (secondary N) is 1. The number of hydrogen-bond donors (Lipinski definition) is 1. The number of nitrogens with zero attached hydrogens (tertiary/aromatic N) is 1. The first-order valence-corrected chi connectivity index (χ1v) is 9.05. The number of rotatable bonds is 7. The summed E-state index contributed by atoms with van der Waals surface area (Å²) in [5, 5.41) is 4.13. The van der Waals surface area contributed by atoms with Crippen LogP contribution in [0, 0.1) is 29.1 Å². The van der Waals surface area contributed by atoms with Gasteiger partial charge in [-0.2, -0.15) is 5.10 Å². The Bertz CT molecular complexity index is 1090. The topological polar surface area (TPSA) is 42.8 Å². The maximum atomic E-state index is 13.6. The molecule has 0 aliphatic rings. The molecular weight excluding hydrogens is 443 g/mol.